The van der Waals surface area contributed by atoms with Crippen LogP contribution in [-0.2, 0) is 0 Å². The quantitative estimate of drug-likeness (QED) is 0.503. The van der Waals surface area contributed by atoms with Gasteiger partial charge in [-0.05, 0) is 33.1 Å². The summed E-state index contributed by atoms with van der Waals surface area (Å²) >= 11 is 0. The van der Waals surface area contributed by atoms with Gasteiger partial charge in [-0.25, -0.2) is 0 Å². The summed E-state index contributed by atoms with van der Waals surface area (Å²) in [6, 6.07) is 1.05. The van der Waals surface area contributed by atoms with Crippen LogP contribution in [0.5, 0.6) is 0 Å². The molecule has 0 aromatic carbocycles. The van der Waals surface area contributed by atoms with Gasteiger partial charge >= 0.3 is 0 Å². The molecule has 0 radical (unpaired) electrons. The van der Waals surface area contributed by atoms with Crippen molar-refractivity contribution in [2.75, 3.05) is 0 Å². The minimum Gasteiger partial charge on any atom is -0.283 e. The van der Waals surface area contributed by atoms with E-state index in [4.69, 9.17) is 0 Å². The molecule has 0 amide bonds. The normalized spacial score (nSPS) is 36.2. The average molecular weight is 150 g/mol. The van der Waals surface area contributed by atoms with E-state index in [1.807, 2.05) is 0 Å². The Balaban J connectivity index is 2.26. The number of hydrogen-bond acceptors (Lipinski definition) is 2. The maximum absolute atomic E-state index is 4.61. The lowest BCUT2D eigenvalue weighted by atomic mass is 10.1. The minimum atomic E-state index is 0.527. The molecule has 2 nitrogen and oxygen atoms in total. The number of rotatable bonds is 0. The molecular formula is C9H14N2. The number of hydrogen-bond donors (Lipinski definition) is 0. The second-order valence-corrected chi connectivity index (χ2v) is 3.49. The van der Waals surface area contributed by atoms with Crippen molar-refractivity contribution >= 4 is 11.4 Å². The fourth-order valence-electron chi connectivity index (χ4n) is 1.91. The molecule has 0 bridgehead atoms. The van der Waals surface area contributed by atoms with Gasteiger partial charge in [-0.1, -0.05) is 0 Å². The van der Waals surface area contributed by atoms with Crippen molar-refractivity contribution in [3.8, 4) is 0 Å². The highest BCUT2D eigenvalue weighted by atomic mass is 15.0. The molecule has 2 unspecified atom stereocenters. The van der Waals surface area contributed by atoms with Gasteiger partial charge in [0.1, 0.15) is 0 Å². The molecule has 0 aromatic rings. The second kappa shape index (κ2) is 2.43. The van der Waals surface area contributed by atoms with E-state index < -0.39 is 0 Å². The van der Waals surface area contributed by atoms with Gasteiger partial charge < -0.3 is 0 Å². The first-order valence-electron chi connectivity index (χ1n) is 4.36. The van der Waals surface area contributed by atoms with Crippen molar-refractivity contribution in [1.82, 2.24) is 0 Å². The van der Waals surface area contributed by atoms with E-state index in [0.717, 1.165) is 11.4 Å². The lowest BCUT2D eigenvalue weighted by Crippen LogP contribution is -2.26. The molecule has 2 rings (SSSR count). The Morgan fingerprint density at radius 1 is 1.00 bits per heavy atom. The van der Waals surface area contributed by atoms with Crippen LogP contribution in [0.25, 0.3) is 0 Å². The molecule has 11 heavy (non-hydrogen) atoms. The van der Waals surface area contributed by atoms with Crippen molar-refractivity contribution in [2.24, 2.45) is 9.98 Å². The third-order valence-corrected chi connectivity index (χ3v) is 2.69. The molecule has 1 aliphatic carbocycles. The van der Waals surface area contributed by atoms with E-state index in [9.17, 15) is 0 Å². The lowest BCUT2D eigenvalue weighted by Gasteiger charge is -2.18. The maximum Gasteiger partial charge on any atom is 0.0727 e. The van der Waals surface area contributed by atoms with E-state index >= 15 is 0 Å². The Morgan fingerprint density at radius 3 is 1.91 bits per heavy atom. The summed E-state index contributed by atoms with van der Waals surface area (Å²) in [6.07, 6.45) is 3.81. The summed E-state index contributed by atoms with van der Waals surface area (Å²) in [7, 11) is 0. The van der Waals surface area contributed by atoms with Crippen LogP contribution in [0.3, 0.4) is 0 Å². The van der Waals surface area contributed by atoms with E-state index in [2.05, 4.69) is 23.8 Å². The van der Waals surface area contributed by atoms with Crippen molar-refractivity contribution < 1.29 is 0 Å². The second-order valence-electron chi connectivity index (χ2n) is 3.49. The third kappa shape index (κ3) is 1.10. The van der Waals surface area contributed by atoms with Gasteiger partial charge in [0.25, 0.3) is 0 Å². The third-order valence-electron chi connectivity index (χ3n) is 2.69. The number of nitrogens with zero attached hydrogens (tertiary/aromatic N) is 2. The van der Waals surface area contributed by atoms with Crippen LogP contribution >= 0.6 is 0 Å². The van der Waals surface area contributed by atoms with Crippen molar-refractivity contribution in [1.29, 1.82) is 0 Å². The van der Waals surface area contributed by atoms with Gasteiger partial charge in [-0.15, -0.1) is 0 Å². The molecule has 1 aliphatic heterocycles. The molecule has 1 fully saturated rings. The van der Waals surface area contributed by atoms with Crippen LogP contribution in [0.15, 0.2) is 9.98 Å². The van der Waals surface area contributed by atoms with Crippen LogP contribution in [0.4, 0.5) is 0 Å². The molecule has 1 saturated carbocycles. The largest absolute Gasteiger partial charge is 0.283 e. The summed E-state index contributed by atoms with van der Waals surface area (Å²) in [5, 5.41) is 0. The van der Waals surface area contributed by atoms with E-state index in [1.54, 1.807) is 0 Å². The average Bonchev–Trinajstić information content (AvgIpc) is 2.36. The van der Waals surface area contributed by atoms with Crippen molar-refractivity contribution in [3.05, 3.63) is 0 Å². The summed E-state index contributed by atoms with van der Waals surface area (Å²) in [5.74, 6) is 0. The number of fused-ring (bicyclic) bond motifs is 1. The monoisotopic (exact) mass is 150 g/mol. The van der Waals surface area contributed by atoms with Gasteiger partial charge in [0.15, 0.2) is 0 Å². The maximum atomic E-state index is 4.61. The van der Waals surface area contributed by atoms with Crippen molar-refractivity contribution in [3.63, 3.8) is 0 Å². The highest BCUT2D eigenvalue weighted by Gasteiger charge is 2.29. The van der Waals surface area contributed by atoms with E-state index in [1.165, 1.54) is 19.3 Å². The standard InChI is InChI=1S/C9H14N2/c1-6-7(2)11-9-5-3-4-8(9)10-6/h8-9H,3-5H2,1-2H3. The molecule has 2 atom stereocenters. The first-order chi connectivity index (χ1) is 5.27. The van der Waals surface area contributed by atoms with Crippen LogP contribution in [0.2, 0.25) is 0 Å². The summed E-state index contributed by atoms with van der Waals surface area (Å²) in [5.41, 5.74) is 2.29. The van der Waals surface area contributed by atoms with Crippen molar-refractivity contribution in [2.45, 2.75) is 45.2 Å². The molecule has 0 N–H and O–H groups in total. The fourth-order valence-corrected chi connectivity index (χ4v) is 1.91. The number of aliphatic imine (C=N–C) groups is 2. The Hall–Kier alpha value is -0.660. The molecule has 0 saturated heterocycles. The topological polar surface area (TPSA) is 24.7 Å². The summed E-state index contributed by atoms with van der Waals surface area (Å²) in [4.78, 5) is 9.22. The molecule has 1 heterocycles. The molecule has 0 spiro atoms. The zero-order valence-electron chi connectivity index (χ0n) is 7.17. The van der Waals surface area contributed by atoms with Crippen LogP contribution in [0, 0.1) is 0 Å². The van der Waals surface area contributed by atoms with Crippen LogP contribution in [0.1, 0.15) is 33.1 Å². The lowest BCUT2D eigenvalue weighted by molar-refractivity contribution is 0.602. The highest BCUT2D eigenvalue weighted by Crippen LogP contribution is 2.27. The molecular weight excluding hydrogens is 136 g/mol. The first kappa shape index (κ1) is 7.01. The zero-order chi connectivity index (χ0) is 7.84. The molecule has 2 heteroatoms. The summed E-state index contributed by atoms with van der Waals surface area (Å²) < 4.78 is 0. The summed E-state index contributed by atoms with van der Waals surface area (Å²) in [6.45, 7) is 4.13. The van der Waals surface area contributed by atoms with Gasteiger partial charge in [-0.2, -0.15) is 0 Å². The fraction of sp³-hybridized carbons (Fsp3) is 0.778. The van der Waals surface area contributed by atoms with Gasteiger partial charge in [0.05, 0.1) is 23.5 Å². The predicted molar refractivity (Wildman–Crippen MR) is 47.6 cm³/mol. The molecule has 60 valence electrons. The van der Waals surface area contributed by atoms with E-state index in [-0.39, 0.29) is 0 Å². The van der Waals surface area contributed by atoms with E-state index in [0.29, 0.717) is 12.1 Å². The predicted octanol–water partition coefficient (Wildman–Crippen LogP) is 1.84. The van der Waals surface area contributed by atoms with Crippen LogP contribution < -0.4 is 0 Å². The Labute approximate surface area is 67.4 Å². The van der Waals surface area contributed by atoms with Crippen LogP contribution in [-0.4, -0.2) is 23.5 Å². The smallest absolute Gasteiger partial charge is 0.0727 e. The molecule has 2 aliphatic rings. The Bertz CT molecular complexity index is 204. The molecule has 0 aromatic heterocycles. The highest BCUT2D eigenvalue weighted by molar-refractivity contribution is 6.41. The zero-order valence-corrected chi connectivity index (χ0v) is 7.17. The van der Waals surface area contributed by atoms with Gasteiger partial charge in [0.2, 0.25) is 0 Å². The minimum absolute atomic E-state index is 0.527. The SMILES string of the molecule is CC1=NC2CCCC2N=C1C. The van der Waals surface area contributed by atoms with Gasteiger partial charge in [0, 0.05) is 0 Å². The van der Waals surface area contributed by atoms with Gasteiger partial charge in [-0.3, -0.25) is 9.98 Å². The Kier molecular flexibility index (Phi) is 1.55. The Morgan fingerprint density at radius 2 is 1.45 bits per heavy atom. The first-order valence-corrected chi connectivity index (χ1v) is 4.36.